The van der Waals surface area contributed by atoms with Gasteiger partial charge in [0.15, 0.2) is 9.84 Å². The third-order valence-corrected chi connectivity index (χ3v) is 5.07. The second kappa shape index (κ2) is 5.06. The molecule has 2 rings (SSSR count). The van der Waals surface area contributed by atoms with Crippen LogP contribution in [0.3, 0.4) is 0 Å². The predicted molar refractivity (Wildman–Crippen MR) is 70.0 cm³/mol. The molecule has 1 aliphatic rings. The maximum Gasteiger partial charge on any atom is 0.159 e. The van der Waals surface area contributed by atoms with Crippen LogP contribution in [0.15, 0.2) is 24.3 Å². The molecule has 4 nitrogen and oxygen atoms in total. The van der Waals surface area contributed by atoms with Gasteiger partial charge in [0.2, 0.25) is 0 Å². The Labute approximate surface area is 102 Å². The van der Waals surface area contributed by atoms with Gasteiger partial charge in [0.25, 0.3) is 0 Å². The first-order valence-electron chi connectivity index (χ1n) is 5.89. The van der Waals surface area contributed by atoms with Crippen LogP contribution in [0.2, 0.25) is 0 Å². The Bertz CT molecular complexity index is 468. The van der Waals surface area contributed by atoms with E-state index in [0.717, 1.165) is 17.8 Å². The number of rotatable bonds is 3. The van der Waals surface area contributed by atoms with E-state index < -0.39 is 15.1 Å². The highest BCUT2D eigenvalue weighted by molar-refractivity contribution is 7.91. The molecule has 1 fully saturated rings. The van der Waals surface area contributed by atoms with Crippen molar-refractivity contribution in [2.45, 2.75) is 12.2 Å². The average molecular weight is 254 g/mol. The van der Waals surface area contributed by atoms with Crippen LogP contribution in [0, 0.1) is 0 Å². The molecule has 5 heteroatoms. The monoisotopic (exact) mass is 254 g/mol. The molecule has 1 aliphatic heterocycles. The Morgan fingerprint density at radius 1 is 1.35 bits per heavy atom. The van der Waals surface area contributed by atoms with E-state index in [-0.39, 0.29) is 5.75 Å². The number of hydrogen-bond donors (Lipinski definition) is 2. The van der Waals surface area contributed by atoms with Gasteiger partial charge in [0.05, 0.1) is 11.0 Å². The summed E-state index contributed by atoms with van der Waals surface area (Å²) < 4.78 is 23.9. The summed E-state index contributed by atoms with van der Waals surface area (Å²) in [6.45, 7) is 3.98. The van der Waals surface area contributed by atoms with Crippen molar-refractivity contribution in [3.8, 4) is 0 Å². The average Bonchev–Trinajstić information content (AvgIpc) is 2.30. The van der Waals surface area contributed by atoms with E-state index in [1.165, 1.54) is 0 Å². The first kappa shape index (κ1) is 12.4. The van der Waals surface area contributed by atoms with E-state index in [1.54, 1.807) is 0 Å². The number of anilines is 1. The van der Waals surface area contributed by atoms with Crippen LogP contribution in [0.1, 0.15) is 17.7 Å². The van der Waals surface area contributed by atoms with E-state index in [0.29, 0.717) is 13.1 Å². The topological polar surface area (TPSA) is 58.2 Å². The lowest BCUT2D eigenvalue weighted by atomic mass is 10.1. The quantitative estimate of drug-likeness (QED) is 0.850. The molecule has 1 atom stereocenters. The Balaban J connectivity index is 2.21. The summed E-state index contributed by atoms with van der Waals surface area (Å²) in [6.07, 6.45) is 0. The van der Waals surface area contributed by atoms with Gasteiger partial charge in [-0.25, -0.2) is 8.42 Å². The molecule has 0 radical (unpaired) electrons. The predicted octanol–water partition coefficient (Wildman–Crippen LogP) is 1.18. The van der Waals surface area contributed by atoms with Crippen LogP contribution in [-0.4, -0.2) is 33.8 Å². The van der Waals surface area contributed by atoms with Crippen molar-refractivity contribution in [1.82, 2.24) is 5.32 Å². The van der Waals surface area contributed by atoms with Crippen LogP contribution in [-0.2, 0) is 9.84 Å². The summed E-state index contributed by atoms with van der Waals surface area (Å²) in [5.74, 6) is 0.229. The molecule has 1 saturated heterocycles. The number of hydrogen-bond acceptors (Lipinski definition) is 4. The summed E-state index contributed by atoms with van der Waals surface area (Å²) in [4.78, 5) is 0. The van der Waals surface area contributed by atoms with Crippen LogP contribution < -0.4 is 10.6 Å². The number of benzene rings is 1. The van der Waals surface area contributed by atoms with Crippen LogP contribution in [0.4, 0.5) is 5.69 Å². The molecular weight excluding hydrogens is 236 g/mol. The van der Waals surface area contributed by atoms with Crippen LogP contribution >= 0.6 is 0 Å². The van der Waals surface area contributed by atoms with Crippen molar-refractivity contribution in [3.63, 3.8) is 0 Å². The van der Waals surface area contributed by atoms with Crippen LogP contribution in [0.25, 0.3) is 0 Å². The molecule has 1 aromatic carbocycles. The molecule has 0 aliphatic carbocycles. The molecule has 0 saturated carbocycles. The van der Waals surface area contributed by atoms with Gasteiger partial charge in [-0.2, -0.15) is 0 Å². The van der Waals surface area contributed by atoms with E-state index >= 15 is 0 Å². The second-order valence-corrected chi connectivity index (χ2v) is 6.52. The zero-order valence-corrected chi connectivity index (χ0v) is 10.8. The highest BCUT2D eigenvalue weighted by atomic mass is 32.2. The van der Waals surface area contributed by atoms with Crippen molar-refractivity contribution in [3.05, 3.63) is 29.8 Å². The fraction of sp³-hybridized carbons (Fsp3) is 0.500. The lowest BCUT2D eigenvalue weighted by Gasteiger charge is -2.23. The Morgan fingerprint density at radius 3 is 2.65 bits per heavy atom. The molecule has 2 N–H and O–H groups in total. The first-order valence-corrected chi connectivity index (χ1v) is 7.61. The molecule has 0 aromatic heterocycles. The van der Waals surface area contributed by atoms with Gasteiger partial charge in [-0.3, -0.25) is 0 Å². The van der Waals surface area contributed by atoms with Crippen molar-refractivity contribution >= 4 is 15.5 Å². The third-order valence-electron chi connectivity index (χ3n) is 2.99. The molecule has 1 unspecified atom stereocenters. The largest absolute Gasteiger partial charge is 0.385 e. The van der Waals surface area contributed by atoms with E-state index in [1.807, 2.05) is 31.2 Å². The molecule has 1 aromatic rings. The fourth-order valence-corrected chi connectivity index (χ4v) is 3.72. The van der Waals surface area contributed by atoms with E-state index in [9.17, 15) is 8.42 Å². The lowest BCUT2D eigenvalue weighted by Crippen LogP contribution is -2.38. The molecule has 17 heavy (non-hydrogen) atoms. The third kappa shape index (κ3) is 2.79. The zero-order chi connectivity index (χ0) is 12.3. The molecule has 0 amide bonds. The Morgan fingerprint density at radius 2 is 2.06 bits per heavy atom. The Kier molecular flexibility index (Phi) is 3.69. The summed E-state index contributed by atoms with van der Waals surface area (Å²) in [7, 11) is -2.98. The van der Waals surface area contributed by atoms with Crippen molar-refractivity contribution in [2.75, 3.05) is 30.7 Å². The van der Waals surface area contributed by atoms with Gasteiger partial charge in [0.1, 0.15) is 0 Å². The fourth-order valence-electron chi connectivity index (χ4n) is 2.06. The number of sulfone groups is 1. The van der Waals surface area contributed by atoms with Crippen LogP contribution in [0.5, 0.6) is 0 Å². The van der Waals surface area contributed by atoms with E-state index in [2.05, 4.69) is 10.6 Å². The molecule has 94 valence electrons. The zero-order valence-electron chi connectivity index (χ0n) is 9.94. The molecular formula is C12H18N2O2S. The summed E-state index contributed by atoms with van der Waals surface area (Å²) in [5.41, 5.74) is 1.90. The van der Waals surface area contributed by atoms with E-state index in [4.69, 9.17) is 0 Å². The maximum absolute atomic E-state index is 11.9. The summed E-state index contributed by atoms with van der Waals surface area (Å²) in [5, 5.41) is 5.93. The highest BCUT2D eigenvalue weighted by Crippen LogP contribution is 2.25. The first-order chi connectivity index (χ1) is 8.13. The van der Waals surface area contributed by atoms with Gasteiger partial charge >= 0.3 is 0 Å². The molecule has 1 heterocycles. The van der Waals surface area contributed by atoms with Crippen molar-refractivity contribution < 1.29 is 8.42 Å². The maximum atomic E-state index is 11.9. The lowest BCUT2D eigenvalue weighted by molar-refractivity contribution is 0.551. The van der Waals surface area contributed by atoms with Gasteiger partial charge in [-0.15, -0.1) is 0 Å². The Hall–Kier alpha value is -1.07. The van der Waals surface area contributed by atoms with Crippen molar-refractivity contribution in [1.29, 1.82) is 0 Å². The van der Waals surface area contributed by atoms with Gasteiger partial charge in [-0.05, 0) is 24.6 Å². The normalized spacial score (nSPS) is 23.2. The highest BCUT2D eigenvalue weighted by Gasteiger charge is 2.29. The standard InChI is InChI=1S/C12H18N2O2S/c1-2-14-11-5-3-10(4-6-11)12-9-13-7-8-17(12,15)16/h3-6,12-14H,2,7-9H2,1H3. The second-order valence-electron chi connectivity index (χ2n) is 4.21. The van der Waals surface area contributed by atoms with Crippen molar-refractivity contribution in [2.24, 2.45) is 0 Å². The molecule has 0 bridgehead atoms. The minimum Gasteiger partial charge on any atom is -0.385 e. The van der Waals surface area contributed by atoms with Gasteiger partial charge in [0, 0.05) is 25.3 Å². The van der Waals surface area contributed by atoms with Gasteiger partial charge < -0.3 is 10.6 Å². The molecule has 0 spiro atoms. The minimum atomic E-state index is -2.98. The minimum absolute atomic E-state index is 0.229. The summed E-state index contributed by atoms with van der Waals surface area (Å²) in [6, 6.07) is 7.66. The summed E-state index contributed by atoms with van der Waals surface area (Å²) >= 11 is 0. The SMILES string of the molecule is CCNc1ccc(C2CNCCS2(=O)=O)cc1. The van der Waals surface area contributed by atoms with Gasteiger partial charge in [-0.1, -0.05) is 12.1 Å². The number of nitrogens with one attached hydrogen (secondary N) is 2. The smallest absolute Gasteiger partial charge is 0.159 e.